The van der Waals surface area contributed by atoms with Crippen LogP contribution in [0.15, 0.2) is 22.7 Å². The minimum absolute atomic E-state index is 0.124. The van der Waals surface area contributed by atoms with Gasteiger partial charge in [0.2, 0.25) is 0 Å². The third-order valence-corrected chi connectivity index (χ3v) is 2.67. The van der Waals surface area contributed by atoms with Crippen molar-refractivity contribution in [1.82, 2.24) is 0 Å². The SMILES string of the molecule is CC(C)C(Nc1ccc(Br)cc1F)C(=O)O. The number of anilines is 1. The molecule has 0 heterocycles. The summed E-state index contributed by atoms with van der Waals surface area (Å²) in [5, 5.41) is 11.6. The second-order valence-corrected chi connectivity index (χ2v) is 4.74. The van der Waals surface area contributed by atoms with Crippen molar-refractivity contribution in [2.24, 2.45) is 5.92 Å². The molecule has 0 aliphatic rings. The van der Waals surface area contributed by atoms with E-state index in [1.807, 2.05) is 0 Å². The number of hydrogen-bond acceptors (Lipinski definition) is 2. The normalized spacial score (nSPS) is 12.6. The van der Waals surface area contributed by atoms with E-state index in [2.05, 4.69) is 21.2 Å². The number of rotatable bonds is 4. The molecule has 2 N–H and O–H groups in total. The first-order chi connectivity index (χ1) is 7.41. The standard InChI is InChI=1S/C11H13BrFNO2/c1-6(2)10(11(15)16)14-9-4-3-7(12)5-8(9)13/h3-6,10,14H,1-2H3,(H,15,16). The van der Waals surface area contributed by atoms with Crippen LogP contribution in [0.2, 0.25) is 0 Å². The molecular weight excluding hydrogens is 277 g/mol. The molecule has 0 aromatic heterocycles. The van der Waals surface area contributed by atoms with E-state index in [4.69, 9.17) is 5.11 Å². The van der Waals surface area contributed by atoms with Crippen LogP contribution in [-0.2, 0) is 4.79 Å². The van der Waals surface area contributed by atoms with Crippen LogP contribution < -0.4 is 5.32 Å². The molecule has 1 atom stereocenters. The minimum Gasteiger partial charge on any atom is -0.480 e. The summed E-state index contributed by atoms with van der Waals surface area (Å²) in [6.45, 7) is 3.53. The number of halogens is 2. The van der Waals surface area contributed by atoms with Crippen LogP contribution in [0.1, 0.15) is 13.8 Å². The molecule has 1 aromatic carbocycles. The van der Waals surface area contributed by atoms with Crippen LogP contribution in [0.4, 0.5) is 10.1 Å². The fourth-order valence-corrected chi connectivity index (χ4v) is 1.62. The number of benzene rings is 1. The van der Waals surface area contributed by atoms with E-state index in [1.165, 1.54) is 12.1 Å². The van der Waals surface area contributed by atoms with Gasteiger partial charge < -0.3 is 10.4 Å². The van der Waals surface area contributed by atoms with Crippen molar-refractivity contribution >= 4 is 27.6 Å². The molecule has 0 amide bonds. The van der Waals surface area contributed by atoms with Gasteiger partial charge in [0.1, 0.15) is 11.9 Å². The van der Waals surface area contributed by atoms with Gasteiger partial charge in [-0.05, 0) is 24.1 Å². The van der Waals surface area contributed by atoms with E-state index in [9.17, 15) is 9.18 Å². The molecule has 0 bridgehead atoms. The Labute approximate surface area is 102 Å². The third kappa shape index (κ3) is 3.20. The molecule has 0 saturated heterocycles. The van der Waals surface area contributed by atoms with Crippen LogP contribution in [0.25, 0.3) is 0 Å². The molecule has 0 aliphatic carbocycles. The van der Waals surface area contributed by atoms with Crippen molar-refractivity contribution in [3.8, 4) is 0 Å². The second-order valence-electron chi connectivity index (χ2n) is 3.83. The molecule has 88 valence electrons. The second kappa shape index (κ2) is 5.30. The zero-order valence-corrected chi connectivity index (χ0v) is 10.6. The molecular formula is C11H13BrFNO2. The Kier molecular flexibility index (Phi) is 4.29. The first kappa shape index (κ1) is 13.0. The lowest BCUT2D eigenvalue weighted by molar-refractivity contribution is -0.138. The molecule has 0 spiro atoms. The van der Waals surface area contributed by atoms with Crippen LogP contribution in [0.3, 0.4) is 0 Å². The molecule has 1 unspecified atom stereocenters. The van der Waals surface area contributed by atoms with Crippen molar-refractivity contribution in [1.29, 1.82) is 0 Å². The zero-order valence-electron chi connectivity index (χ0n) is 9.00. The molecule has 3 nitrogen and oxygen atoms in total. The number of carbonyl (C=O) groups is 1. The van der Waals surface area contributed by atoms with Gasteiger partial charge in [0.15, 0.2) is 0 Å². The molecule has 0 radical (unpaired) electrons. The van der Waals surface area contributed by atoms with Gasteiger partial charge in [0, 0.05) is 4.47 Å². The highest BCUT2D eigenvalue weighted by Gasteiger charge is 2.22. The van der Waals surface area contributed by atoms with E-state index < -0.39 is 17.8 Å². The van der Waals surface area contributed by atoms with Gasteiger partial charge in [-0.1, -0.05) is 29.8 Å². The Morgan fingerprint density at radius 1 is 1.50 bits per heavy atom. The zero-order chi connectivity index (χ0) is 12.3. The van der Waals surface area contributed by atoms with Gasteiger partial charge in [-0.3, -0.25) is 0 Å². The van der Waals surface area contributed by atoms with Crippen LogP contribution in [0, 0.1) is 11.7 Å². The molecule has 0 aliphatic heterocycles. The summed E-state index contributed by atoms with van der Waals surface area (Å²) in [6.07, 6.45) is 0. The van der Waals surface area contributed by atoms with Crippen molar-refractivity contribution in [2.45, 2.75) is 19.9 Å². The maximum Gasteiger partial charge on any atom is 0.326 e. The summed E-state index contributed by atoms with van der Waals surface area (Å²) >= 11 is 3.14. The predicted molar refractivity (Wildman–Crippen MR) is 64.0 cm³/mol. The summed E-state index contributed by atoms with van der Waals surface area (Å²) < 4.78 is 14.1. The van der Waals surface area contributed by atoms with E-state index in [1.54, 1.807) is 19.9 Å². The summed E-state index contributed by atoms with van der Waals surface area (Å²) in [7, 11) is 0. The molecule has 5 heteroatoms. The maximum absolute atomic E-state index is 13.5. The highest BCUT2D eigenvalue weighted by Crippen LogP contribution is 2.21. The van der Waals surface area contributed by atoms with Gasteiger partial charge in [-0.2, -0.15) is 0 Å². The molecule has 0 saturated carbocycles. The van der Waals surface area contributed by atoms with E-state index in [0.29, 0.717) is 4.47 Å². The fraction of sp³-hybridized carbons (Fsp3) is 0.364. The Morgan fingerprint density at radius 2 is 2.12 bits per heavy atom. The number of carboxylic acids is 1. The van der Waals surface area contributed by atoms with Crippen molar-refractivity contribution in [2.75, 3.05) is 5.32 Å². The lowest BCUT2D eigenvalue weighted by Crippen LogP contribution is -2.34. The molecule has 0 fully saturated rings. The lowest BCUT2D eigenvalue weighted by Gasteiger charge is -2.19. The summed E-state index contributed by atoms with van der Waals surface area (Å²) in [6, 6.07) is 3.67. The monoisotopic (exact) mass is 289 g/mol. The summed E-state index contributed by atoms with van der Waals surface area (Å²) in [5.41, 5.74) is 0.198. The number of aliphatic carboxylic acids is 1. The van der Waals surface area contributed by atoms with E-state index in [0.717, 1.165) is 0 Å². The average Bonchev–Trinajstić information content (AvgIpc) is 2.15. The van der Waals surface area contributed by atoms with Crippen LogP contribution in [0.5, 0.6) is 0 Å². The first-order valence-electron chi connectivity index (χ1n) is 4.86. The topological polar surface area (TPSA) is 49.3 Å². The third-order valence-electron chi connectivity index (χ3n) is 2.17. The van der Waals surface area contributed by atoms with Crippen molar-refractivity contribution in [3.63, 3.8) is 0 Å². The highest BCUT2D eigenvalue weighted by atomic mass is 79.9. The van der Waals surface area contributed by atoms with Gasteiger partial charge in [0.25, 0.3) is 0 Å². The van der Waals surface area contributed by atoms with Crippen LogP contribution in [-0.4, -0.2) is 17.1 Å². The largest absolute Gasteiger partial charge is 0.480 e. The van der Waals surface area contributed by atoms with E-state index >= 15 is 0 Å². The summed E-state index contributed by atoms with van der Waals surface area (Å²) in [4.78, 5) is 10.9. The molecule has 1 rings (SSSR count). The molecule has 16 heavy (non-hydrogen) atoms. The van der Waals surface area contributed by atoms with E-state index in [-0.39, 0.29) is 11.6 Å². The van der Waals surface area contributed by atoms with Gasteiger partial charge in [-0.15, -0.1) is 0 Å². The fourth-order valence-electron chi connectivity index (χ4n) is 1.29. The molecule has 1 aromatic rings. The van der Waals surface area contributed by atoms with Gasteiger partial charge in [-0.25, -0.2) is 9.18 Å². The van der Waals surface area contributed by atoms with Gasteiger partial charge in [0.05, 0.1) is 5.69 Å². The van der Waals surface area contributed by atoms with Crippen molar-refractivity contribution in [3.05, 3.63) is 28.5 Å². The lowest BCUT2D eigenvalue weighted by atomic mass is 10.0. The predicted octanol–water partition coefficient (Wildman–Crippen LogP) is 3.11. The number of hydrogen-bond donors (Lipinski definition) is 2. The van der Waals surface area contributed by atoms with Crippen LogP contribution >= 0.6 is 15.9 Å². The number of carboxylic acid groups (broad SMARTS) is 1. The Hall–Kier alpha value is -1.10. The summed E-state index contributed by atoms with van der Waals surface area (Å²) in [5.74, 6) is -1.58. The highest BCUT2D eigenvalue weighted by molar-refractivity contribution is 9.10. The van der Waals surface area contributed by atoms with Gasteiger partial charge >= 0.3 is 5.97 Å². The van der Waals surface area contributed by atoms with Crippen molar-refractivity contribution < 1.29 is 14.3 Å². The first-order valence-corrected chi connectivity index (χ1v) is 5.65. The quantitative estimate of drug-likeness (QED) is 0.895. The minimum atomic E-state index is -0.989. The number of nitrogens with one attached hydrogen (secondary N) is 1. The smallest absolute Gasteiger partial charge is 0.326 e. The Balaban J connectivity index is 2.90. The Bertz CT molecular complexity index is 396. The average molecular weight is 290 g/mol. The Morgan fingerprint density at radius 3 is 2.56 bits per heavy atom. The maximum atomic E-state index is 13.5.